The second kappa shape index (κ2) is 9.42. The molecular formula is C21H23NO4. The molecule has 0 unspecified atom stereocenters. The summed E-state index contributed by atoms with van der Waals surface area (Å²) in [7, 11) is 3.28. The predicted molar refractivity (Wildman–Crippen MR) is 100 cm³/mol. The van der Waals surface area contributed by atoms with Crippen LogP contribution in [0.15, 0.2) is 60.7 Å². The Bertz CT molecular complexity index is 753. The minimum atomic E-state index is -0.850. The number of methoxy groups -OCH3 is 1. The molecule has 0 N–H and O–H groups in total. The average molecular weight is 353 g/mol. The molecule has 0 saturated heterocycles. The van der Waals surface area contributed by atoms with E-state index in [9.17, 15) is 9.59 Å². The van der Waals surface area contributed by atoms with Gasteiger partial charge in [0.1, 0.15) is 5.75 Å². The summed E-state index contributed by atoms with van der Waals surface area (Å²) in [5, 5.41) is 0. The summed E-state index contributed by atoms with van der Waals surface area (Å²) in [6.45, 7) is 2.03. The lowest BCUT2D eigenvalue weighted by Crippen LogP contribution is -2.36. The Morgan fingerprint density at radius 2 is 1.73 bits per heavy atom. The van der Waals surface area contributed by atoms with Crippen molar-refractivity contribution in [3.8, 4) is 5.75 Å². The lowest BCUT2D eigenvalue weighted by atomic mass is 10.2. The van der Waals surface area contributed by atoms with Crippen LogP contribution >= 0.6 is 0 Å². The molecular weight excluding hydrogens is 330 g/mol. The Morgan fingerprint density at radius 1 is 1.08 bits per heavy atom. The molecule has 0 fully saturated rings. The highest BCUT2D eigenvalue weighted by molar-refractivity contribution is 5.90. The molecule has 26 heavy (non-hydrogen) atoms. The highest BCUT2D eigenvalue weighted by atomic mass is 16.5. The Morgan fingerprint density at radius 3 is 2.35 bits per heavy atom. The number of hydrogen-bond acceptors (Lipinski definition) is 4. The number of likely N-dealkylation sites (N-methyl/N-ethyl adjacent to an activating group) is 1. The van der Waals surface area contributed by atoms with Crippen LogP contribution in [0.1, 0.15) is 18.1 Å². The van der Waals surface area contributed by atoms with E-state index in [1.54, 1.807) is 44.2 Å². The number of ether oxygens (including phenoxy) is 2. The van der Waals surface area contributed by atoms with Gasteiger partial charge in [-0.3, -0.25) is 4.79 Å². The van der Waals surface area contributed by atoms with E-state index >= 15 is 0 Å². The Balaban J connectivity index is 1.86. The number of benzene rings is 2. The number of esters is 1. The van der Waals surface area contributed by atoms with E-state index in [2.05, 4.69) is 0 Å². The van der Waals surface area contributed by atoms with E-state index in [1.165, 1.54) is 6.08 Å². The van der Waals surface area contributed by atoms with E-state index in [1.807, 2.05) is 42.5 Å². The smallest absolute Gasteiger partial charge is 0.331 e. The van der Waals surface area contributed by atoms with Crippen molar-refractivity contribution in [1.82, 2.24) is 4.90 Å². The summed E-state index contributed by atoms with van der Waals surface area (Å²) in [6.07, 6.45) is 2.09. The average Bonchev–Trinajstić information content (AvgIpc) is 2.66. The van der Waals surface area contributed by atoms with Crippen LogP contribution in [-0.2, 0) is 20.9 Å². The van der Waals surface area contributed by atoms with Gasteiger partial charge in [-0.2, -0.15) is 0 Å². The fraction of sp³-hybridized carbons (Fsp3) is 0.238. The van der Waals surface area contributed by atoms with Gasteiger partial charge in [0.2, 0.25) is 0 Å². The highest BCUT2D eigenvalue weighted by Gasteiger charge is 2.20. The number of amides is 1. The minimum Gasteiger partial charge on any atom is -0.497 e. The maximum atomic E-state index is 12.3. The van der Waals surface area contributed by atoms with Gasteiger partial charge in [0.15, 0.2) is 6.10 Å². The van der Waals surface area contributed by atoms with Crippen LogP contribution in [0.2, 0.25) is 0 Å². The minimum absolute atomic E-state index is 0.250. The van der Waals surface area contributed by atoms with Gasteiger partial charge in [-0.15, -0.1) is 0 Å². The fourth-order valence-corrected chi connectivity index (χ4v) is 2.39. The second-order valence-electron chi connectivity index (χ2n) is 5.87. The topological polar surface area (TPSA) is 55.8 Å². The van der Waals surface area contributed by atoms with Crippen molar-refractivity contribution in [3.63, 3.8) is 0 Å². The van der Waals surface area contributed by atoms with E-state index < -0.39 is 12.1 Å². The summed E-state index contributed by atoms with van der Waals surface area (Å²) in [5.41, 5.74) is 1.85. The van der Waals surface area contributed by atoms with Crippen LogP contribution in [-0.4, -0.2) is 37.0 Å². The zero-order chi connectivity index (χ0) is 18.9. The van der Waals surface area contributed by atoms with Crippen molar-refractivity contribution in [2.45, 2.75) is 19.6 Å². The first-order valence-corrected chi connectivity index (χ1v) is 8.31. The second-order valence-corrected chi connectivity index (χ2v) is 5.87. The van der Waals surface area contributed by atoms with Crippen LogP contribution in [0.25, 0.3) is 6.08 Å². The van der Waals surface area contributed by atoms with Crippen molar-refractivity contribution < 1.29 is 19.1 Å². The van der Waals surface area contributed by atoms with E-state index in [0.29, 0.717) is 6.54 Å². The van der Waals surface area contributed by atoms with Gasteiger partial charge in [-0.25, -0.2) is 4.79 Å². The van der Waals surface area contributed by atoms with Crippen molar-refractivity contribution in [1.29, 1.82) is 0 Å². The zero-order valence-electron chi connectivity index (χ0n) is 15.2. The van der Waals surface area contributed by atoms with Gasteiger partial charge >= 0.3 is 5.97 Å². The fourth-order valence-electron chi connectivity index (χ4n) is 2.39. The molecule has 2 rings (SSSR count). The number of nitrogens with zero attached hydrogens (tertiary/aromatic N) is 1. The summed E-state index contributed by atoms with van der Waals surface area (Å²) in [4.78, 5) is 25.8. The highest BCUT2D eigenvalue weighted by Crippen LogP contribution is 2.12. The van der Waals surface area contributed by atoms with Crippen molar-refractivity contribution in [2.75, 3.05) is 14.2 Å². The van der Waals surface area contributed by atoms with Gasteiger partial charge in [-0.05, 0) is 36.3 Å². The molecule has 0 heterocycles. The molecule has 1 atom stereocenters. The summed E-state index contributed by atoms with van der Waals surface area (Å²) < 4.78 is 10.3. The first-order valence-electron chi connectivity index (χ1n) is 8.31. The van der Waals surface area contributed by atoms with Crippen molar-refractivity contribution >= 4 is 18.0 Å². The van der Waals surface area contributed by atoms with Crippen LogP contribution in [0.4, 0.5) is 0 Å². The summed E-state index contributed by atoms with van der Waals surface area (Å²) in [5.74, 6) is -0.0692. The van der Waals surface area contributed by atoms with Crippen LogP contribution < -0.4 is 4.74 Å². The first kappa shape index (κ1) is 19.2. The van der Waals surface area contributed by atoms with Crippen LogP contribution in [0.5, 0.6) is 5.75 Å². The van der Waals surface area contributed by atoms with Gasteiger partial charge in [-0.1, -0.05) is 42.5 Å². The lowest BCUT2D eigenvalue weighted by molar-refractivity contribution is -0.154. The standard InChI is InChI=1S/C21H23NO4/c1-16(21(24)22(2)15-18-7-5-4-6-8-18)26-20(23)14-11-17-9-12-19(25-3)13-10-17/h4-14,16H,15H2,1-3H3/b14-11+/t16-/m0/s1. The SMILES string of the molecule is COc1ccc(/C=C/C(=O)O[C@@H](C)C(=O)N(C)Cc2ccccc2)cc1. The van der Waals surface area contributed by atoms with E-state index in [-0.39, 0.29) is 5.91 Å². The van der Waals surface area contributed by atoms with Crippen molar-refractivity contribution in [2.24, 2.45) is 0 Å². The van der Waals surface area contributed by atoms with Gasteiger partial charge in [0.25, 0.3) is 5.91 Å². The number of carbonyl (C=O) groups excluding carboxylic acids is 2. The largest absolute Gasteiger partial charge is 0.497 e. The predicted octanol–water partition coefficient (Wildman–Crippen LogP) is 3.30. The maximum Gasteiger partial charge on any atom is 0.331 e. The zero-order valence-corrected chi connectivity index (χ0v) is 15.2. The molecule has 0 spiro atoms. The van der Waals surface area contributed by atoms with Crippen LogP contribution in [0, 0.1) is 0 Å². The molecule has 1 amide bonds. The molecule has 5 nitrogen and oxygen atoms in total. The molecule has 2 aromatic carbocycles. The molecule has 5 heteroatoms. The Kier molecular flexibility index (Phi) is 6.97. The molecule has 0 saturated carbocycles. The molecule has 0 radical (unpaired) electrons. The van der Waals surface area contributed by atoms with Gasteiger partial charge in [0, 0.05) is 19.7 Å². The quantitative estimate of drug-likeness (QED) is 0.566. The number of rotatable bonds is 7. The summed E-state index contributed by atoms with van der Waals surface area (Å²) in [6, 6.07) is 16.9. The molecule has 136 valence electrons. The molecule has 0 aromatic heterocycles. The summed E-state index contributed by atoms with van der Waals surface area (Å²) >= 11 is 0. The molecule has 2 aromatic rings. The molecule has 0 aliphatic carbocycles. The van der Waals surface area contributed by atoms with Gasteiger partial charge < -0.3 is 14.4 Å². The maximum absolute atomic E-state index is 12.3. The Hall–Kier alpha value is -3.08. The van der Waals surface area contributed by atoms with Gasteiger partial charge in [0.05, 0.1) is 7.11 Å². The molecule has 0 aliphatic heterocycles. The van der Waals surface area contributed by atoms with E-state index in [4.69, 9.17) is 9.47 Å². The third-order valence-corrected chi connectivity index (χ3v) is 3.81. The lowest BCUT2D eigenvalue weighted by Gasteiger charge is -2.21. The normalized spacial score (nSPS) is 11.8. The van der Waals surface area contributed by atoms with E-state index in [0.717, 1.165) is 16.9 Å². The third kappa shape index (κ3) is 5.77. The van der Waals surface area contributed by atoms with Crippen LogP contribution in [0.3, 0.4) is 0 Å². The number of carbonyl (C=O) groups is 2. The molecule has 0 bridgehead atoms. The first-order chi connectivity index (χ1) is 12.5. The van der Waals surface area contributed by atoms with Crippen molar-refractivity contribution in [3.05, 3.63) is 71.8 Å². The molecule has 0 aliphatic rings. The Labute approximate surface area is 153 Å². The third-order valence-electron chi connectivity index (χ3n) is 3.81. The monoisotopic (exact) mass is 353 g/mol. The number of hydrogen-bond donors (Lipinski definition) is 0.